The maximum atomic E-state index is 6.67. The number of anilines is 2. The molecule has 4 heteroatoms. The van der Waals surface area contributed by atoms with Gasteiger partial charge >= 0.3 is 8.43 Å². The second-order valence-corrected chi connectivity index (χ2v) is 6.88. The zero-order valence-corrected chi connectivity index (χ0v) is 11.7. The zero-order valence-electron chi connectivity index (χ0n) is 9.96. The molecule has 0 amide bonds. The van der Waals surface area contributed by atoms with E-state index in [0.717, 1.165) is 13.1 Å². The zero-order chi connectivity index (χ0) is 12.4. The van der Waals surface area contributed by atoms with Gasteiger partial charge in [0.05, 0.1) is 0 Å². The largest absolute Gasteiger partial charge is 0.414 e. The van der Waals surface area contributed by atoms with Crippen LogP contribution in [0.4, 0.5) is 11.4 Å². The first-order valence-electron chi connectivity index (χ1n) is 6.04. The molecule has 2 nitrogen and oxygen atoms in total. The van der Waals surface area contributed by atoms with Gasteiger partial charge in [0.15, 0.2) is 0 Å². The van der Waals surface area contributed by atoms with Crippen LogP contribution in [-0.4, -0.2) is 21.5 Å². The van der Waals surface area contributed by atoms with E-state index in [4.69, 9.17) is 11.1 Å². The molecule has 2 aromatic carbocycles. The van der Waals surface area contributed by atoms with E-state index in [-0.39, 0.29) is 0 Å². The molecule has 1 saturated heterocycles. The molecule has 1 heterocycles. The maximum Gasteiger partial charge on any atom is 0.414 e. The van der Waals surface area contributed by atoms with Crippen LogP contribution in [0, 0.1) is 0 Å². The van der Waals surface area contributed by atoms with Gasteiger partial charge in [-0.25, -0.2) is 0 Å². The number of para-hydroxylation sites is 2. The predicted molar refractivity (Wildman–Crippen MR) is 79.2 cm³/mol. The number of rotatable bonds is 2. The molecule has 1 aliphatic rings. The number of hydrogen-bond donors (Lipinski definition) is 0. The molecule has 91 valence electrons. The second-order valence-electron chi connectivity index (χ2n) is 4.24. The first kappa shape index (κ1) is 11.6. The monoisotopic (exact) mass is 273 g/mol. The van der Waals surface area contributed by atoms with Crippen molar-refractivity contribution in [2.24, 2.45) is 0 Å². The molecule has 0 bridgehead atoms. The number of nitrogens with zero attached hydrogens (tertiary/aromatic N) is 2. The summed E-state index contributed by atoms with van der Waals surface area (Å²) in [6.07, 6.45) is 0. The Morgan fingerprint density at radius 1 is 0.722 bits per heavy atom. The standard InChI is InChI=1S/C14H14ClN2Si/c15-18-16(13-7-3-1-4-8-13)11-12-17(18)14-9-5-2-6-10-14/h1-10H,11-12H2. The molecule has 0 aliphatic carbocycles. The summed E-state index contributed by atoms with van der Waals surface area (Å²) in [6, 6.07) is 20.8. The van der Waals surface area contributed by atoms with Crippen molar-refractivity contribution in [3.63, 3.8) is 0 Å². The lowest BCUT2D eigenvalue weighted by molar-refractivity contribution is 1.02. The van der Waals surface area contributed by atoms with Gasteiger partial charge in [-0.2, -0.15) is 0 Å². The van der Waals surface area contributed by atoms with Crippen molar-refractivity contribution < 1.29 is 0 Å². The van der Waals surface area contributed by atoms with Crippen LogP contribution in [0.25, 0.3) is 0 Å². The smallest absolute Gasteiger partial charge is 0.366 e. The van der Waals surface area contributed by atoms with Crippen molar-refractivity contribution in [2.75, 3.05) is 22.2 Å². The Morgan fingerprint density at radius 2 is 1.11 bits per heavy atom. The minimum absolute atomic E-state index is 0.997. The number of halogens is 1. The lowest BCUT2D eigenvalue weighted by atomic mass is 10.3. The van der Waals surface area contributed by atoms with Crippen LogP contribution in [0.2, 0.25) is 0 Å². The van der Waals surface area contributed by atoms with E-state index >= 15 is 0 Å². The van der Waals surface area contributed by atoms with Crippen LogP contribution < -0.4 is 9.13 Å². The van der Waals surface area contributed by atoms with Crippen LogP contribution >= 0.6 is 11.1 Å². The quantitative estimate of drug-likeness (QED) is 0.612. The molecule has 0 unspecified atom stereocenters. The van der Waals surface area contributed by atoms with Gasteiger partial charge in [0, 0.05) is 24.5 Å². The SMILES string of the molecule is Cl[Si]1N(c2ccccc2)CCN1c1ccccc1. The van der Waals surface area contributed by atoms with Crippen LogP contribution in [0.15, 0.2) is 60.7 Å². The molecule has 1 fully saturated rings. The summed E-state index contributed by atoms with van der Waals surface area (Å²) < 4.78 is 4.64. The van der Waals surface area contributed by atoms with Crippen molar-refractivity contribution in [3.8, 4) is 0 Å². The summed E-state index contributed by atoms with van der Waals surface area (Å²) in [5.41, 5.74) is 2.44. The molecule has 0 spiro atoms. The van der Waals surface area contributed by atoms with Crippen molar-refractivity contribution in [3.05, 3.63) is 60.7 Å². The van der Waals surface area contributed by atoms with Crippen molar-refractivity contribution in [1.29, 1.82) is 0 Å². The van der Waals surface area contributed by atoms with Crippen LogP contribution in [-0.2, 0) is 0 Å². The minimum Gasteiger partial charge on any atom is -0.366 e. The average Bonchev–Trinajstić information content (AvgIpc) is 2.83. The molecule has 0 aromatic heterocycles. The normalized spacial score (nSPS) is 16.3. The molecule has 1 radical (unpaired) electrons. The molecule has 1 aliphatic heterocycles. The second kappa shape index (κ2) is 5.04. The van der Waals surface area contributed by atoms with Gasteiger partial charge in [-0.15, -0.1) is 11.1 Å². The van der Waals surface area contributed by atoms with E-state index in [0.29, 0.717) is 0 Å². The van der Waals surface area contributed by atoms with Gasteiger partial charge in [0.25, 0.3) is 0 Å². The van der Waals surface area contributed by atoms with Crippen LogP contribution in [0.5, 0.6) is 0 Å². The lowest BCUT2D eigenvalue weighted by Gasteiger charge is -2.24. The molecular formula is C14H14ClN2Si. The highest BCUT2D eigenvalue weighted by atomic mass is 35.6. The highest BCUT2D eigenvalue weighted by Crippen LogP contribution is 2.27. The molecule has 2 aromatic rings. The predicted octanol–water partition coefficient (Wildman–Crippen LogP) is 3.24. The van der Waals surface area contributed by atoms with Gasteiger partial charge in [-0.3, -0.25) is 0 Å². The third kappa shape index (κ3) is 2.11. The average molecular weight is 274 g/mol. The molecule has 0 saturated carbocycles. The topological polar surface area (TPSA) is 6.48 Å². The van der Waals surface area contributed by atoms with E-state index in [9.17, 15) is 0 Å². The highest BCUT2D eigenvalue weighted by molar-refractivity contribution is 7.11. The Labute approximate surface area is 114 Å². The Morgan fingerprint density at radius 3 is 1.50 bits per heavy atom. The van der Waals surface area contributed by atoms with Crippen molar-refractivity contribution in [1.82, 2.24) is 0 Å². The Kier molecular flexibility index (Phi) is 3.26. The van der Waals surface area contributed by atoms with E-state index in [1.165, 1.54) is 11.4 Å². The fourth-order valence-electron chi connectivity index (χ4n) is 2.22. The Hall–Kier alpha value is -1.45. The van der Waals surface area contributed by atoms with E-state index in [2.05, 4.69) is 57.7 Å². The van der Waals surface area contributed by atoms with Gasteiger partial charge in [0.2, 0.25) is 0 Å². The highest BCUT2D eigenvalue weighted by Gasteiger charge is 2.34. The first-order valence-corrected chi connectivity index (χ1v) is 8.44. The van der Waals surface area contributed by atoms with E-state index < -0.39 is 8.43 Å². The molecule has 3 rings (SSSR count). The van der Waals surface area contributed by atoms with Gasteiger partial charge in [0.1, 0.15) is 0 Å². The number of benzene rings is 2. The van der Waals surface area contributed by atoms with Crippen LogP contribution in [0.3, 0.4) is 0 Å². The van der Waals surface area contributed by atoms with Crippen LogP contribution in [0.1, 0.15) is 0 Å². The fourth-order valence-corrected chi connectivity index (χ4v) is 4.89. The first-order chi connectivity index (χ1) is 8.86. The summed E-state index contributed by atoms with van der Waals surface area (Å²) >= 11 is 6.67. The molecular weight excluding hydrogens is 260 g/mol. The summed E-state index contributed by atoms with van der Waals surface area (Å²) in [5, 5.41) is 0. The summed E-state index contributed by atoms with van der Waals surface area (Å²) in [5.74, 6) is 0. The third-order valence-electron chi connectivity index (χ3n) is 3.13. The van der Waals surface area contributed by atoms with Crippen molar-refractivity contribution in [2.45, 2.75) is 0 Å². The van der Waals surface area contributed by atoms with E-state index in [1.54, 1.807) is 0 Å². The minimum atomic E-state index is -1.20. The number of hydrogen-bond acceptors (Lipinski definition) is 2. The Balaban J connectivity index is 1.83. The van der Waals surface area contributed by atoms with Gasteiger partial charge in [-0.1, -0.05) is 36.4 Å². The third-order valence-corrected chi connectivity index (χ3v) is 6.21. The fraction of sp³-hybridized carbons (Fsp3) is 0.143. The molecule has 0 atom stereocenters. The molecule has 0 N–H and O–H groups in total. The summed E-state index contributed by atoms with van der Waals surface area (Å²) in [7, 11) is -1.20. The van der Waals surface area contributed by atoms with Crippen molar-refractivity contribution >= 4 is 30.9 Å². The van der Waals surface area contributed by atoms with Gasteiger partial charge in [-0.05, 0) is 24.3 Å². The Bertz CT molecular complexity index is 458. The molecule has 18 heavy (non-hydrogen) atoms. The summed E-state index contributed by atoms with van der Waals surface area (Å²) in [6.45, 7) is 1.99. The maximum absolute atomic E-state index is 6.67. The van der Waals surface area contributed by atoms with E-state index in [1.807, 2.05) is 12.1 Å². The van der Waals surface area contributed by atoms with Gasteiger partial charge < -0.3 is 9.13 Å². The summed E-state index contributed by atoms with van der Waals surface area (Å²) in [4.78, 5) is 0. The lowest BCUT2D eigenvalue weighted by Crippen LogP contribution is -2.39.